The van der Waals surface area contributed by atoms with Gasteiger partial charge in [-0.15, -0.1) is 0 Å². The molecule has 19 heavy (non-hydrogen) atoms. The number of phenols is 1. The van der Waals surface area contributed by atoms with Crippen LogP contribution in [0, 0.1) is 12.8 Å². The van der Waals surface area contributed by atoms with E-state index in [2.05, 4.69) is 0 Å². The van der Waals surface area contributed by atoms with Crippen LogP contribution in [-0.2, 0) is 11.2 Å². The fourth-order valence-corrected chi connectivity index (χ4v) is 2.42. The molecule has 0 spiro atoms. The van der Waals surface area contributed by atoms with Gasteiger partial charge in [-0.2, -0.15) is 0 Å². The number of carbonyl (C=O) groups is 1. The molecule has 4 nitrogen and oxygen atoms in total. The largest absolute Gasteiger partial charge is 0.508 e. The number of carbonyl (C=O) groups excluding carboxylic acids is 1. The number of hydrogen-bond acceptors (Lipinski definition) is 3. The number of amides is 1. The van der Waals surface area contributed by atoms with Crippen molar-refractivity contribution in [1.29, 1.82) is 0 Å². The predicted octanol–water partition coefficient (Wildman–Crippen LogP) is 1.47. The molecular formula is C15H21NO3. The summed E-state index contributed by atoms with van der Waals surface area (Å²) in [4.78, 5) is 14.0. The van der Waals surface area contributed by atoms with E-state index in [9.17, 15) is 9.90 Å². The second kappa shape index (κ2) is 6.06. The van der Waals surface area contributed by atoms with Crippen molar-refractivity contribution >= 4 is 5.91 Å². The quantitative estimate of drug-likeness (QED) is 0.868. The predicted molar refractivity (Wildman–Crippen MR) is 72.9 cm³/mol. The second-order valence-electron chi connectivity index (χ2n) is 5.30. The highest BCUT2D eigenvalue weighted by atomic mass is 16.3. The smallest absolute Gasteiger partial charge is 0.226 e. The summed E-state index contributed by atoms with van der Waals surface area (Å²) < 4.78 is 0. The standard InChI is InChI=1S/C15H21NO3/c1-11-2-3-13(8-14(11)18)9-15(19)16-6-4-12(10-17)5-7-16/h2-3,8,12,17-18H,4-7,9-10H2,1H3. The molecule has 1 aliphatic rings. The Balaban J connectivity index is 1.92. The molecule has 0 aromatic heterocycles. The van der Waals surface area contributed by atoms with Crippen LogP contribution in [-0.4, -0.2) is 40.7 Å². The zero-order valence-electron chi connectivity index (χ0n) is 11.3. The van der Waals surface area contributed by atoms with E-state index in [0.717, 1.165) is 37.1 Å². The van der Waals surface area contributed by atoms with Crippen molar-refractivity contribution in [1.82, 2.24) is 4.90 Å². The molecular weight excluding hydrogens is 242 g/mol. The van der Waals surface area contributed by atoms with Crippen molar-refractivity contribution in [3.8, 4) is 5.75 Å². The zero-order valence-corrected chi connectivity index (χ0v) is 11.3. The molecule has 2 rings (SSSR count). The van der Waals surface area contributed by atoms with Crippen molar-refractivity contribution in [3.05, 3.63) is 29.3 Å². The lowest BCUT2D eigenvalue weighted by Crippen LogP contribution is -2.40. The number of piperidine rings is 1. The summed E-state index contributed by atoms with van der Waals surface area (Å²) in [5.41, 5.74) is 1.66. The third-order valence-corrected chi connectivity index (χ3v) is 3.85. The monoisotopic (exact) mass is 263 g/mol. The van der Waals surface area contributed by atoms with Crippen LogP contribution in [0.4, 0.5) is 0 Å². The highest BCUT2D eigenvalue weighted by molar-refractivity contribution is 5.79. The Kier molecular flexibility index (Phi) is 4.43. The Bertz CT molecular complexity index is 451. The summed E-state index contributed by atoms with van der Waals surface area (Å²) in [7, 11) is 0. The molecule has 1 fully saturated rings. The van der Waals surface area contributed by atoms with Crippen LogP contribution in [0.25, 0.3) is 0 Å². The summed E-state index contributed by atoms with van der Waals surface area (Å²) in [5, 5.41) is 18.7. The fraction of sp³-hybridized carbons (Fsp3) is 0.533. The van der Waals surface area contributed by atoms with Crippen molar-refractivity contribution < 1.29 is 15.0 Å². The van der Waals surface area contributed by atoms with Crippen LogP contribution in [0.5, 0.6) is 5.75 Å². The van der Waals surface area contributed by atoms with Gasteiger partial charge in [0, 0.05) is 19.7 Å². The highest BCUT2D eigenvalue weighted by Crippen LogP contribution is 2.20. The van der Waals surface area contributed by atoms with Gasteiger partial charge in [0.05, 0.1) is 6.42 Å². The number of nitrogens with zero attached hydrogens (tertiary/aromatic N) is 1. The summed E-state index contributed by atoms with van der Waals surface area (Å²) in [6.07, 6.45) is 2.08. The summed E-state index contributed by atoms with van der Waals surface area (Å²) >= 11 is 0. The first-order valence-electron chi connectivity index (χ1n) is 6.77. The third kappa shape index (κ3) is 3.47. The molecule has 0 aliphatic carbocycles. The van der Waals surface area contributed by atoms with Gasteiger partial charge in [-0.05, 0) is 42.9 Å². The Morgan fingerprint density at radius 3 is 2.63 bits per heavy atom. The average molecular weight is 263 g/mol. The van der Waals surface area contributed by atoms with E-state index < -0.39 is 0 Å². The van der Waals surface area contributed by atoms with E-state index in [1.54, 1.807) is 6.07 Å². The average Bonchev–Trinajstić information content (AvgIpc) is 2.43. The topological polar surface area (TPSA) is 60.8 Å². The normalized spacial score (nSPS) is 16.6. The minimum atomic E-state index is 0.0969. The van der Waals surface area contributed by atoms with E-state index in [1.807, 2.05) is 24.0 Å². The first-order chi connectivity index (χ1) is 9.10. The number of aryl methyl sites for hydroxylation is 1. The molecule has 0 saturated carbocycles. The van der Waals surface area contributed by atoms with Gasteiger partial charge in [-0.1, -0.05) is 12.1 Å². The maximum atomic E-state index is 12.1. The lowest BCUT2D eigenvalue weighted by atomic mass is 9.97. The number of phenolic OH excluding ortho intramolecular Hbond substituents is 1. The summed E-state index contributed by atoms with van der Waals surface area (Å²) in [6, 6.07) is 5.37. The number of rotatable bonds is 3. The van der Waals surface area contributed by atoms with Gasteiger partial charge in [0.25, 0.3) is 0 Å². The number of aromatic hydroxyl groups is 1. The minimum absolute atomic E-state index is 0.0969. The van der Waals surface area contributed by atoms with Gasteiger partial charge in [0.15, 0.2) is 0 Å². The summed E-state index contributed by atoms with van der Waals surface area (Å²) in [6.45, 7) is 3.50. The Labute approximate surface area is 113 Å². The first kappa shape index (κ1) is 13.9. The first-order valence-corrected chi connectivity index (χ1v) is 6.77. The number of aliphatic hydroxyl groups is 1. The third-order valence-electron chi connectivity index (χ3n) is 3.85. The molecule has 1 saturated heterocycles. The molecule has 1 aromatic carbocycles. The van der Waals surface area contributed by atoms with Crippen molar-refractivity contribution in [2.24, 2.45) is 5.92 Å². The van der Waals surface area contributed by atoms with Gasteiger partial charge in [-0.3, -0.25) is 4.79 Å². The molecule has 1 aromatic rings. The Morgan fingerprint density at radius 1 is 1.37 bits per heavy atom. The van der Waals surface area contributed by atoms with Crippen LogP contribution in [0.1, 0.15) is 24.0 Å². The van der Waals surface area contributed by atoms with Crippen molar-refractivity contribution in [2.45, 2.75) is 26.2 Å². The van der Waals surface area contributed by atoms with Crippen molar-refractivity contribution in [3.63, 3.8) is 0 Å². The van der Waals surface area contributed by atoms with Crippen LogP contribution in [0.2, 0.25) is 0 Å². The van der Waals surface area contributed by atoms with Gasteiger partial charge < -0.3 is 15.1 Å². The molecule has 1 heterocycles. The van der Waals surface area contributed by atoms with Crippen LogP contribution in [0.3, 0.4) is 0 Å². The van der Waals surface area contributed by atoms with Crippen LogP contribution >= 0.6 is 0 Å². The zero-order chi connectivity index (χ0) is 13.8. The molecule has 104 valence electrons. The lowest BCUT2D eigenvalue weighted by molar-refractivity contribution is -0.132. The van der Waals surface area contributed by atoms with E-state index in [4.69, 9.17) is 5.11 Å². The van der Waals surface area contributed by atoms with E-state index >= 15 is 0 Å². The number of hydrogen-bond donors (Lipinski definition) is 2. The van der Waals surface area contributed by atoms with Gasteiger partial charge >= 0.3 is 0 Å². The van der Waals surface area contributed by atoms with Crippen LogP contribution < -0.4 is 0 Å². The fourth-order valence-electron chi connectivity index (χ4n) is 2.42. The van der Waals surface area contributed by atoms with E-state index in [-0.39, 0.29) is 18.3 Å². The maximum absolute atomic E-state index is 12.1. The maximum Gasteiger partial charge on any atom is 0.226 e. The van der Waals surface area contributed by atoms with E-state index in [0.29, 0.717) is 12.3 Å². The molecule has 0 radical (unpaired) electrons. The molecule has 2 N–H and O–H groups in total. The summed E-state index contributed by atoms with van der Waals surface area (Å²) in [5.74, 6) is 0.677. The molecule has 0 atom stereocenters. The Hall–Kier alpha value is -1.55. The molecule has 1 aliphatic heterocycles. The number of aliphatic hydroxyl groups excluding tert-OH is 1. The van der Waals surface area contributed by atoms with Crippen molar-refractivity contribution in [2.75, 3.05) is 19.7 Å². The molecule has 0 unspecified atom stereocenters. The number of benzene rings is 1. The molecule has 0 bridgehead atoms. The van der Waals surface area contributed by atoms with Gasteiger partial charge in [-0.25, -0.2) is 0 Å². The molecule has 4 heteroatoms. The minimum Gasteiger partial charge on any atom is -0.508 e. The van der Waals surface area contributed by atoms with Crippen LogP contribution in [0.15, 0.2) is 18.2 Å². The second-order valence-corrected chi connectivity index (χ2v) is 5.30. The highest BCUT2D eigenvalue weighted by Gasteiger charge is 2.22. The van der Waals surface area contributed by atoms with E-state index in [1.165, 1.54) is 0 Å². The number of likely N-dealkylation sites (tertiary alicyclic amines) is 1. The SMILES string of the molecule is Cc1ccc(CC(=O)N2CCC(CO)CC2)cc1O. The Morgan fingerprint density at radius 2 is 2.05 bits per heavy atom. The lowest BCUT2D eigenvalue weighted by Gasteiger charge is -2.31. The molecule has 1 amide bonds. The van der Waals surface area contributed by atoms with Gasteiger partial charge in [0.2, 0.25) is 5.91 Å². The van der Waals surface area contributed by atoms with Gasteiger partial charge in [0.1, 0.15) is 5.75 Å².